The number of carbonyl (C=O) groups is 1. The molecular formula is C16H19NO. The maximum Gasteiger partial charge on any atom is 0.246 e. The summed E-state index contributed by atoms with van der Waals surface area (Å²) < 4.78 is 0. The van der Waals surface area contributed by atoms with E-state index in [-0.39, 0.29) is 5.91 Å². The Hall–Kier alpha value is -1.57. The van der Waals surface area contributed by atoms with E-state index in [1.54, 1.807) is 6.08 Å². The Balaban J connectivity index is 1.64. The second-order valence-electron chi connectivity index (χ2n) is 5.40. The van der Waals surface area contributed by atoms with Gasteiger partial charge in [0.05, 0.1) is 0 Å². The second kappa shape index (κ2) is 4.97. The molecule has 2 heterocycles. The Morgan fingerprint density at radius 3 is 2.89 bits per heavy atom. The lowest BCUT2D eigenvalue weighted by Gasteiger charge is -2.40. The van der Waals surface area contributed by atoms with Crippen LogP contribution in [0.4, 0.5) is 0 Å². The zero-order valence-corrected chi connectivity index (χ0v) is 10.6. The summed E-state index contributed by atoms with van der Waals surface area (Å²) in [6, 6.07) is 11.1. The minimum Gasteiger partial charge on any atom is -0.336 e. The molecule has 2 atom stereocenters. The maximum atomic E-state index is 11.7. The molecule has 0 aromatic heterocycles. The van der Waals surface area contributed by atoms with Crippen LogP contribution in [0.25, 0.3) is 0 Å². The molecule has 0 radical (unpaired) electrons. The van der Waals surface area contributed by atoms with Crippen molar-refractivity contribution in [2.24, 2.45) is 5.92 Å². The summed E-state index contributed by atoms with van der Waals surface area (Å²) in [6.07, 6.45) is 8.26. The molecular weight excluding hydrogens is 222 g/mol. The standard InChI is InChI=1S/C16H19NO/c18-16-8-4-7-15-12-14(9-10-17(15)16)11-13-5-2-1-3-6-13/h1-6,8,14-15H,7,9-12H2/t14-,15+/m1/s1. The van der Waals surface area contributed by atoms with Gasteiger partial charge in [0.2, 0.25) is 5.91 Å². The predicted octanol–water partition coefficient (Wildman–Crippen LogP) is 2.80. The SMILES string of the molecule is O=C1C=CC[C@H]2C[C@@H](Cc3ccccc3)CCN12. The van der Waals surface area contributed by atoms with Gasteiger partial charge >= 0.3 is 0 Å². The molecule has 1 amide bonds. The van der Waals surface area contributed by atoms with Crippen molar-refractivity contribution in [3.63, 3.8) is 0 Å². The third kappa shape index (κ3) is 2.33. The number of benzene rings is 1. The molecule has 1 fully saturated rings. The first-order valence-corrected chi connectivity index (χ1v) is 6.84. The van der Waals surface area contributed by atoms with Crippen LogP contribution >= 0.6 is 0 Å². The number of fused-ring (bicyclic) bond motifs is 1. The highest BCUT2D eigenvalue weighted by molar-refractivity contribution is 5.88. The van der Waals surface area contributed by atoms with E-state index in [2.05, 4.69) is 35.2 Å². The van der Waals surface area contributed by atoms with Crippen LogP contribution in [0.1, 0.15) is 24.8 Å². The van der Waals surface area contributed by atoms with Crippen molar-refractivity contribution in [2.75, 3.05) is 6.54 Å². The van der Waals surface area contributed by atoms with Crippen molar-refractivity contribution in [3.8, 4) is 0 Å². The summed E-state index contributed by atoms with van der Waals surface area (Å²) in [6.45, 7) is 0.936. The lowest BCUT2D eigenvalue weighted by molar-refractivity contribution is -0.131. The molecule has 1 aromatic carbocycles. The van der Waals surface area contributed by atoms with E-state index in [1.165, 1.54) is 5.56 Å². The van der Waals surface area contributed by atoms with Crippen LogP contribution < -0.4 is 0 Å². The van der Waals surface area contributed by atoms with Crippen molar-refractivity contribution in [1.29, 1.82) is 0 Å². The van der Waals surface area contributed by atoms with E-state index in [0.29, 0.717) is 6.04 Å². The molecule has 0 bridgehead atoms. The largest absolute Gasteiger partial charge is 0.336 e. The van der Waals surface area contributed by atoms with Gasteiger partial charge in [-0.2, -0.15) is 0 Å². The molecule has 0 unspecified atom stereocenters. The van der Waals surface area contributed by atoms with Crippen molar-refractivity contribution < 1.29 is 4.79 Å². The van der Waals surface area contributed by atoms with Gasteiger partial charge < -0.3 is 4.90 Å². The number of amides is 1. The molecule has 2 aliphatic heterocycles. The van der Waals surface area contributed by atoms with Gasteiger partial charge in [-0.05, 0) is 43.2 Å². The summed E-state index contributed by atoms with van der Waals surface area (Å²) in [5, 5.41) is 0. The third-order valence-corrected chi connectivity index (χ3v) is 4.14. The first-order chi connectivity index (χ1) is 8.83. The van der Waals surface area contributed by atoms with E-state index in [0.717, 1.165) is 38.1 Å². The summed E-state index contributed by atoms with van der Waals surface area (Å²) in [5.41, 5.74) is 1.42. The smallest absolute Gasteiger partial charge is 0.246 e. The van der Waals surface area contributed by atoms with Crippen molar-refractivity contribution in [3.05, 3.63) is 48.0 Å². The minimum atomic E-state index is 0.212. The van der Waals surface area contributed by atoms with Crippen LogP contribution in [0.3, 0.4) is 0 Å². The molecule has 18 heavy (non-hydrogen) atoms. The van der Waals surface area contributed by atoms with Gasteiger partial charge in [-0.3, -0.25) is 4.79 Å². The molecule has 0 saturated carbocycles. The molecule has 94 valence electrons. The van der Waals surface area contributed by atoms with Crippen LogP contribution in [-0.4, -0.2) is 23.4 Å². The Bertz CT molecular complexity index is 451. The van der Waals surface area contributed by atoms with Crippen LogP contribution in [0.5, 0.6) is 0 Å². The summed E-state index contributed by atoms with van der Waals surface area (Å²) >= 11 is 0. The summed E-state index contributed by atoms with van der Waals surface area (Å²) in [4.78, 5) is 13.8. The van der Waals surface area contributed by atoms with Crippen LogP contribution in [0.15, 0.2) is 42.5 Å². The number of nitrogens with zero attached hydrogens (tertiary/aromatic N) is 1. The molecule has 2 heteroatoms. The van der Waals surface area contributed by atoms with Gasteiger partial charge in [-0.1, -0.05) is 36.4 Å². The van der Waals surface area contributed by atoms with Gasteiger partial charge in [0.15, 0.2) is 0 Å². The molecule has 2 aliphatic rings. The Morgan fingerprint density at radius 2 is 2.06 bits per heavy atom. The van der Waals surface area contributed by atoms with Crippen molar-refractivity contribution in [1.82, 2.24) is 4.90 Å². The average Bonchev–Trinajstić information content (AvgIpc) is 2.40. The van der Waals surface area contributed by atoms with Gasteiger partial charge in [0.1, 0.15) is 0 Å². The number of carbonyl (C=O) groups excluding carboxylic acids is 1. The second-order valence-corrected chi connectivity index (χ2v) is 5.40. The van der Waals surface area contributed by atoms with E-state index >= 15 is 0 Å². The van der Waals surface area contributed by atoms with E-state index in [1.807, 2.05) is 6.08 Å². The highest BCUT2D eigenvalue weighted by Crippen LogP contribution is 2.29. The Kier molecular flexibility index (Phi) is 3.18. The summed E-state index contributed by atoms with van der Waals surface area (Å²) in [5.74, 6) is 0.942. The fourth-order valence-electron chi connectivity index (χ4n) is 3.20. The number of hydrogen-bond acceptors (Lipinski definition) is 1. The van der Waals surface area contributed by atoms with Crippen molar-refractivity contribution >= 4 is 5.91 Å². The molecule has 3 rings (SSSR count). The minimum absolute atomic E-state index is 0.212. The number of rotatable bonds is 2. The molecule has 2 nitrogen and oxygen atoms in total. The molecule has 0 N–H and O–H groups in total. The Labute approximate surface area is 108 Å². The number of piperidine rings is 1. The highest BCUT2D eigenvalue weighted by atomic mass is 16.2. The molecule has 1 aromatic rings. The fourth-order valence-corrected chi connectivity index (χ4v) is 3.20. The van der Waals surface area contributed by atoms with Crippen molar-refractivity contribution in [2.45, 2.75) is 31.7 Å². The zero-order chi connectivity index (χ0) is 12.4. The zero-order valence-electron chi connectivity index (χ0n) is 10.6. The van der Waals surface area contributed by atoms with Crippen LogP contribution in [0, 0.1) is 5.92 Å². The van der Waals surface area contributed by atoms with E-state index < -0.39 is 0 Å². The van der Waals surface area contributed by atoms with Gasteiger partial charge in [-0.15, -0.1) is 0 Å². The van der Waals surface area contributed by atoms with Gasteiger partial charge in [-0.25, -0.2) is 0 Å². The van der Waals surface area contributed by atoms with E-state index in [9.17, 15) is 4.79 Å². The van der Waals surface area contributed by atoms with Gasteiger partial charge in [0.25, 0.3) is 0 Å². The molecule has 0 aliphatic carbocycles. The molecule has 0 spiro atoms. The predicted molar refractivity (Wildman–Crippen MR) is 72.1 cm³/mol. The Morgan fingerprint density at radius 1 is 1.22 bits per heavy atom. The van der Waals surface area contributed by atoms with Gasteiger partial charge in [0, 0.05) is 12.6 Å². The fraction of sp³-hybridized carbons (Fsp3) is 0.438. The van der Waals surface area contributed by atoms with Crippen LogP contribution in [-0.2, 0) is 11.2 Å². The quantitative estimate of drug-likeness (QED) is 0.779. The lowest BCUT2D eigenvalue weighted by Crippen LogP contribution is -2.47. The topological polar surface area (TPSA) is 20.3 Å². The van der Waals surface area contributed by atoms with Crippen LogP contribution in [0.2, 0.25) is 0 Å². The van der Waals surface area contributed by atoms with E-state index in [4.69, 9.17) is 0 Å². The third-order valence-electron chi connectivity index (χ3n) is 4.14. The highest BCUT2D eigenvalue weighted by Gasteiger charge is 2.31. The first kappa shape index (κ1) is 11.5. The average molecular weight is 241 g/mol. The monoisotopic (exact) mass is 241 g/mol. The summed E-state index contributed by atoms with van der Waals surface area (Å²) in [7, 11) is 0. The lowest BCUT2D eigenvalue weighted by atomic mass is 9.84. The first-order valence-electron chi connectivity index (χ1n) is 6.84. The normalized spacial score (nSPS) is 27.1. The number of hydrogen-bond donors (Lipinski definition) is 0. The molecule has 1 saturated heterocycles. The maximum absolute atomic E-state index is 11.7.